The molecular weight excluding hydrogens is 196 g/mol. The van der Waals surface area contributed by atoms with Crippen LogP contribution in [0.4, 0.5) is 0 Å². The van der Waals surface area contributed by atoms with E-state index in [1.807, 2.05) is 0 Å². The average molecular weight is 210 g/mol. The van der Waals surface area contributed by atoms with Crippen molar-refractivity contribution in [3.63, 3.8) is 0 Å². The monoisotopic (exact) mass is 210 g/mol. The summed E-state index contributed by atoms with van der Waals surface area (Å²) in [6, 6.07) is 6.26. The second kappa shape index (κ2) is 6.03. The number of carboxylic acid groups (broad SMARTS) is 1. The fourth-order valence-electron chi connectivity index (χ4n) is 1.10. The van der Waals surface area contributed by atoms with Crippen molar-refractivity contribution in [3.8, 4) is 5.75 Å². The molecule has 0 heterocycles. The van der Waals surface area contributed by atoms with Crippen LogP contribution in [0.3, 0.4) is 0 Å². The highest BCUT2D eigenvalue weighted by atomic mass is 16.5. The van der Waals surface area contributed by atoms with E-state index in [0.29, 0.717) is 18.8 Å². The number of benzene rings is 1. The molecule has 0 saturated heterocycles. The molecule has 0 aliphatic heterocycles. The Hall–Kier alpha value is -1.55. The molecule has 82 valence electrons. The first-order valence-corrected chi connectivity index (χ1v) is 4.81. The van der Waals surface area contributed by atoms with Crippen LogP contribution in [0.1, 0.15) is 23.2 Å². The Kier molecular flexibility index (Phi) is 4.63. The maximum absolute atomic E-state index is 10.5. The van der Waals surface area contributed by atoms with Crippen molar-refractivity contribution >= 4 is 5.97 Å². The summed E-state index contributed by atoms with van der Waals surface area (Å²) in [6.07, 6.45) is 1.50. The average Bonchev–Trinajstić information content (AvgIpc) is 2.25. The highest BCUT2D eigenvalue weighted by Gasteiger charge is 2.01. The number of carbonyl (C=O) groups is 1. The second-order valence-electron chi connectivity index (χ2n) is 3.11. The number of aromatic carboxylic acids is 1. The van der Waals surface area contributed by atoms with Gasteiger partial charge in [-0.25, -0.2) is 4.79 Å². The lowest BCUT2D eigenvalue weighted by Gasteiger charge is -2.05. The number of hydrogen-bond donors (Lipinski definition) is 2. The zero-order chi connectivity index (χ0) is 11.1. The van der Waals surface area contributed by atoms with E-state index in [4.69, 9.17) is 14.9 Å². The van der Waals surface area contributed by atoms with Gasteiger partial charge in [-0.1, -0.05) is 0 Å². The lowest BCUT2D eigenvalue weighted by atomic mass is 10.2. The van der Waals surface area contributed by atoms with Crippen molar-refractivity contribution in [2.75, 3.05) is 13.2 Å². The molecule has 0 atom stereocenters. The first-order valence-electron chi connectivity index (χ1n) is 4.81. The van der Waals surface area contributed by atoms with E-state index in [0.717, 1.165) is 6.42 Å². The van der Waals surface area contributed by atoms with Gasteiger partial charge >= 0.3 is 5.97 Å². The topological polar surface area (TPSA) is 66.8 Å². The van der Waals surface area contributed by atoms with Crippen LogP contribution in [0.2, 0.25) is 0 Å². The molecule has 0 spiro atoms. The predicted molar refractivity (Wildman–Crippen MR) is 55.2 cm³/mol. The van der Waals surface area contributed by atoms with Gasteiger partial charge < -0.3 is 14.9 Å². The molecule has 0 saturated carbocycles. The molecule has 15 heavy (non-hydrogen) atoms. The summed E-state index contributed by atoms with van der Waals surface area (Å²) in [6.45, 7) is 0.703. The summed E-state index contributed by atoms with van der Waals surface area (Å²) in [5.74, 6) is -0.292. The summed E-state index contributed by atoms with van der Waals surface area (Å²) in [4.78, 5) is 10.5. The minimum atomic E-state index is -0.943. The van der Waals surface area contributed by atoms with Crippen molar-refractivity contribution in [2.45, 2.75) is 12.8 Å². The van der Waals surface area contributed by atoms with Gasteiger partial charge in [-0.2, -0.15) is 0 Å². The lowest BCUT2D eigenvalue weighted by molar-refractivity contribution is 0.0697. The summed E-state index contributed by atoms with van der Waals surface area (Å²) < 4.78 is 5.34. The van der Waals surface area contributed by atoms with Crippen LogP contribution in [-0.4, -0.2) is 29.4 Å². The Morgan fingerprint density at radius 2 is 1.87 bits per heavy atom. The maximum Gasteiger partial charge on any atom is 0.335 e. The van der Waals surface area contributed by atoms with Gasteiger partial charge in [0.05, 0.1) is 12.2 Å². The van der Waals surface area contributed by atoms with Gasteiger partial charge in [-0.15, -0.1) is 0 Å². The Morgan fingerprint density at radius 1 is 1.20 bits per heavy atom. The zero-order valence-electron chi connectivity index (χ0n) is 8.35. The Bertz CT molecular complexity index is 305. The molecule has 1 aromatic carbocycles. The zero-order valence-corrected chi connectivity index (χ0v) is 8.35. The smallest absolute Gasteiger partial charge is 0.335 e. The first kappa shape index (κ1) is 11.5. The summed E-state index contributed by atoms with van der Waals surface area (Å²) in [5.41, 5.74) is 0.248. The molecule has 1 rings (SSSR count). The molecule has 0 aliphatic carbocycles. The van der Waals surface area contributed by atoms with Crippen LogP contribution in [-0.2, 0) is 0 Å². The minimum absolute atomic E-state index is 0.168. The van der Waals surface area contributed by atoms with Gasteiger partial charge in [0.2, 0.25) is 0 Å². The Morgan fingerprint density at radius 3 is 2.40 bits per heavy atom. The normalized spacial score (nSPS) is 9.93. The molecule has 4 nitrogen and oxygen atoms in total. The number of hydrogen-bond acceptors (Lipinski definition) is 3. The second-order valence-corrected chi connectivity index (χ2v) is 3.11. The summed E-state index contributed by atoms with van der Waals surface area (Å²) >= 11 is 0. The van der Waals surface area contributed by atoms with Crippen molar-refractivity contribution in [3.05, 3.63) is 29.8 Å². The maximum atomic E-state index is 10.5. The molecule has 0 fully saturated rings. The van der Waals surface area contributed by atoms with E-state index in [2.05, 4.69) is 0 Å². The van der Waals surface area contributed by atoms with Gasteiger partial charge in [-0.3, -0.25) is 0 Å². The van der Waals surface area contributed by atoms with Crippen molar-refractivity contribution in [1.82, 2.24) is 0 Å². The van der Waals surface area contributed by atoms with Crippen LogP contribution in [0.25, 0.3) is 0 Å². The van der Waals surface area contributed by atoms with Gasteiger partial charge in [0, 0.05) is 6.61 Å². The Labute approximate surface area is 88.1 Å². The van der Waals surface area contributed by atoms with E-state index in [-0.39, 0.29) is 12.2 Å². The van der Waals surface area contributed by atoms with Gasteiger partial charge in [-0.05, 0) is 37.1 Å². The minimum Gasteiger partial charge on any atom is -0.494 e. The number of rotatable bonds is 6. The van der Waals surface area contributed by atoms with Crippen LogP contribution in [0.5, 0.6) is 5.75 Å². The van der Waals surface area contributed by atoms with Crippen LogP contribution in [0, 0.1) is 0 Å². The van der Waals surface area contributed by atoms with Crippen molar-refractivity contribution in [2.24, 2.45) is 0 Å². The number of ether oxygens (including phenoxy) is 1. The number of aliphatic hydroxyl groups is 1. The Balaban J connectivity index is 2.39. The fraction of sp³-hybridized carbons (Fsp3) is 0.364. The van der Waals surface area contributed by atoms with Crippen molar-refractivity contribution < 1.29 is 19.7 Å². The van der Waals surface area contributed by atoms with Crippen LogP contribution in [0.15, 0.2) is 24.3 Å². The third-order valence-electron chi connectivity index (χ3n) is 1.92. The number of aliphatic hydroxyl groups excluding tert-OH is 1. The SMILES string of the molecule is O=C(O)c1ccc(OCCCCO)cc1. The van der Waals surface area contributed by atoms with Gasteiger partial charge in [0.15, 0.2) is 0 Å². The molecular formula is C11H14O4. The summed E-state index contributed by atoms with van der Waals surface area (Å²) in [7, 11) is 0. The molecule has 0 radical (unpaired) electrons. The molecule has 1 aromatic rings. The summed E-state index contributed by atoms with van der Waals surface area (Å²) in [5, 5.41) is 17.2. The largest absolute Gasteiger partial charge is 0.494 e. The quantitative estimate of drug-likeness (QED) is 0.699. The van der Waals surface area contributed by atoms with Crippen molar-refractivity contribution in [1.29, 1.82) is 0 Å². The van der Waals surface area contributed by atoms with Gasteiger partial charge in [0.1, 0.15) is 5.75 Å². The van der Waals surface area contributed by atoms with E-state index >= 15 is 0 Å². The van der Waals surface area contributed by atoms with Crippen LogP contribution >= 0.6 is 0 Å². The number of carboxylic acids is 1. The molecule has 0 amide bonds. The highest BCUT2D eigenvalue weighted by Crippen LogP contribution is 2.12. The molecule has 0 aliphatic rings. The third kappa shape index (κ3) is 3.99. The van der Waals surface area contributed by atoms with E-state index < -0.39 is 5.97 Å². The fourth-order valence-corrected chi connectivity index (χ4v) is 1.10. The van der Waals surface area contributed by atoms with Gasteiger partial charge in [0.25, 0.3) is 0 Å². The third-order valence-corrected chi connectivity index (χ3v) is 1.92. The van der Waals surface area contributed by atoms with E-state index in [1.54, 1.807) is 12.1 Å². The predicted octanol–water partition coefficient (Wildman–Crippen LogP) is 1.54. The first-order chi connectivity index (χ1) is 7.24. The standard InChI is InChI=1S/C11H14O4/c12-7-1-2-8-15-10-5-3-9(4-6-10)11(13)14/h3-6,12H,1-2,7-8H2,(H,13,14). The van der Waals surface area contributed by atoms with E-state index in [1.165, 1.54) is 12.1 Å². The van der Waals surface area contributed by atoms with Crippen LogP contribution < -0.4 is 4.74 Å². The molecule has 0 aromatic heterocycles. The lowest BCUT2D eigenvalue weighted by Crippen LogP contribution is -2.00. The number of unbranched alkanes of at least 4 members (excludes halogenated alkanes) is 1. The molecule has 0 unspecified atom stereocenters. The molecule has 4 heteroatoms. The highest BCUT2D eigenvalue weighted by molar-refractivity contribution is 5.87. The molecule has 2 N–H and O–H groups in total. The van der Waals surface area contributed by atoms with E-state index in [9.17, 15) is 4.79 Å². The molecule has 0 bridgehead atoms.